The fraction of sp³-hybridized carbons (Fsp3) is 0.556. The molecule has 0 N–H and O–H groups in total. The number of carbonyl (C=O) groups is 1. The summed E-state index contributed by atoms with van der Waals surface area (Å²) in [5, 5.41) is 4.15. The number of hydrogen-bond donors (Lipinski definition) is 0. The van der Waals surface area contributed by atoms with Crippen molar-refractivity contribution in [3.63, 3.8) is 0 Å². The second kappa shape index (κ2) is 7.02. The molecule has 2 aliphatic rings. The van der Waals surface area contributed by atoms with E-state index in [1.165, 1.54) is 6.42 Å². The Morgan fingerprint density at radius 2 is 2.22 bits per heavy atom. The smallest absolute Gasteiger partial charge is 0.267 e. The average molecular weight is 316 g/mol. The van der Waals surface area contributed by atoms with Gasteiger partial charge in [0.25, 0.3) is 5.91 Å². The van der Waals surface area contributed by atoms with Crippen molar-refractivity contribution in [2.45, 2.75) is 51.2 Å². The summed E-state index contributed by atoms with van der Waals surface area (Å²) in [5.41, 5.74) is 1.68. The van der Waals surface area contributed by atoms with Gasteiger partial charge in [0, 0.05) is 24.6 Å². The minimum atomic E-state index is -0.498. The lowest BCUT2D eigenvalue weighted by atomic mass is 9.98. The standard InChI is InChI=1S/C18H24N2O3/c1-3-13-8-6-7-11-20(13)18(21)17-12-15(19-23-17)14-9-4-5-10-16(14)22-2/h4-5,9-10,13,17H,3,6-8,11-12H2,1-2H3/t13-,17+/m0/s1. The molecule has 0 spiro atoms. The van der Waals surface area contributed by atoms with Gasteiger partial charge < -0.3 is 14.5 Å². The molecule has 2 heterocycles. The molecule has 0 aliphatic carbocycles. The van der Waals surface area contributed by atoms with E-state index in [4.69, 9.17) is 9.57 Å². The van der Waals surface area contributed by atoms with Gasteiger partial charge in [0.1, 0.15) is 5.75 Å². The molecule has 0 bridgehead atoms. The summed E-state index contributed by atoms with van der Waals surface area (Å²) < 4.78 is 5.37. The molecule has 0 unspecified atom stereocenters. The van der Waals surface area contributed by atoms with Crippen molar-refractivity contribution in [2.24, 2.45) is 5.16 Å². The summed E-state index contributed by atoms with van der Waals surface area (Å²) in [6.07, 6.45) is 4.38. The number of amides is 1. The van der Waals surface area contributed by atoms with Gasteiger partial charge in [0.05, 0.1) is 12.8 Å². The second-order valence-electron chi connectivity index (χ2n) is 6.13. The van der Waals surface area contributed by atoms with Crippen LogP contribution in [0.5, 0.6) is 5.75 Å². The topological polar surface area (TPSA) is 51.1 Å². The van der Waals surface area contributed by atoms with Gasteiger partial charge in [-0.2, -0.15) is 0 Å². The van der Waals surface area contributed by atoms with Crippen LogP contribution in [0.25, 0.3) is 0 Å². The number of piperidine rings is 1. The number of carbonyl (C=O) groups excluding carboxylic acids is 1. The van der Waals surface area contributed by atoms with Crippen LogP contribution in [0.2, 0.25) is 0 Å². The van der Waals surface area contributed by atoms with E-state index in [1.807, 2.05) is 29.2 Å². The first-order chi connectivity index (χ1) is 11.2. The first-order valence-electron chi connectivity index (χ1n) is 8.41. The number of para-hydroxylation sites is 1. The lowest BCUT2D eigenvalue weighted by Gasteiger charge is -2.36. The molecule has 124 valence electrons. The minimum absolute atomic E-state index is 0.0743. The van der Waals surface area contributed by atoms with Gasteiger partial charge in [-0.15, -0.1) is 0 Å². The fourth-order valence-corrected chi connectivity index (χ4v) is 3.45. The maximum absolute atomic E-state index is 12.8. The zero-order valence-corrected chi connectivity index (χ0v) is 13.8. The molecule has 1 fully saturated rings. The Morgan fingerprint density at radius 1 is 1.39 bits per heavy atom. The molecule has 1 saturated heterocycles. The number of likely N-dealkylation sites (tertiary alicyclic amines) is 1. The highest BCUT2D eigenvalue weighted by molar-refractivity contribution is 6.05. The lowest BCUT2D eigenvalue weighted by Crippen LogP contribution is -2.48. The fourth-order valence-electron chi connectivity index (χ4n) is 3.45. The molecule has 5 nitrogen and oxygen atoms in total. The SMILES string of the molecule is CC[C@H]1CCCCN1C(=O)[C@H]1CC(c2ccccc2OC)=NO1. The van der Waals surface area contributed by atoms with Crippen molar-refractivity contribution in [2.75, 3.05) is 13.7 Å². The second-order valence-corrected chi connectivity index (χ2v) is 6.13. The first kappa shape index (κ1) is 15.8. The summed E-state index contributed by atoms with van der Waals surface area (Å²) in [7, 11) is 1.64. The van der Waals surface area contributed by atoms with Gasteiger partial charge in [-0.3, -0.25) is 4.79 Å². The van der Waals surface area contributed by atoms with Gasteiger partial charge in [-0.1, -0.05) is 24.2 Å². The van der Waals surface area contributed by atoms with E-state index >= 15 is 0 Å². The van der Waals surface area contributed by atoms with Crippen LogP contribution in [0.15, 0.2) is 29.4 Å². The van der Waals surface area contributed by atoms with Crippen molar-refractivity contribution >= 4 is 11.6 Å². The van der Waals surface area contributed by atoms with Crippen LogP contribution in [0.1, 0.15) is 44.6 Å². The van der Waals surface area contributed by atoms with Crippen molar-refractivity contribution in [1.82, 2.24) is 4.90 Å². The zero-order valence-electron chi connectivity index (χ0n) is 13.8. The Bertz CT molecular complexity index is 600. The molecule has 0 aromatic heterocycles. The molecule has 23 heavy (non-hydrogen) atoms. The zero-order chi connectivity index (χ0) is 16.2. The number of hydrogen-bond acceptors (Lipinski definition) is 4. The molecule has 2 aliphatic heterocycles. The largest absolute Gasteiger partial charge is 0.496 e. The normalized spacial score (nSPS) is 24.1. The summed E-state index contributed by atoms with van der Waals surface area (Å²) in [4.78, 5) is 20.3. The minimum Gasteiger partial charge on any atom is -0.496 e. The van der Waals surface area contributed by atoms with Gasteiger partial charge in [0.15, 0.2) is 0 Å². The van der Waals surface area contributed by atoms with Crippen molar-refractivity contribution in [1.29, 1.82) is 0 Å². The van der Waals surface area contributed by atoms with Crippen LogP contribution in [0.4, 0.5) is 0 Å². The molecule has 3 rings (SSSR count). The molecule has 5 heteroatoms. The number of nitrogens with zero attached hydrogens (tertiary/aromatic N) is 2. The third kappa shape index (κ3) is 3.19. The summed E-state index contributed by atoms with van der Waals surface area (Å²) in [6.45, 7) is 2.98. The number of ether oxygens (including phenoxy) is 1. The van der Waals surface area contributed by atoms with E-state index in [0.717, 1.165) is 42.8 Å². The van der Waals surface area contributed by atoms with Crippen LogP contribution in [-0.4, -0.2) is 42.3 Å². The van der Waals surface area contributed by atoms with Gasteiger partial charge in [-0.05, 0) is 37.8 Å². The Hall–Kier alpha value is -2.04. The Kier molecular flexibility index (Phi) is 4.84. The van der Waals surface area contributed by atoms with Crippen LogP contribution in [0, 0.1) is 0 Å². The van der Waals surface area contributed by atoms with Crippen LogP contribution in [-0.2, 0) is 9.63 Å². The van der Waals surface area contributed by atoms with Gasteiger partial charge >= 0.3 is 0 Å². The Labute approximate surface area is 137 Å². The maximum atomic E-state index is 12.8. The van der Waals surface area contributed by atoms with E-state index in [2.05, 4.69) is 12.1 Å². The highest BCUT2D eigenvalue weighted by Gasteiger charge is 2.36. The van der Waals surface area contributed by atoms with E-state index in [0.29, 0.717) is 12.5 Å². The Morgan fingerprint density at radius 3 is 3.00 bits per heavy atom. The number of benzene rings is 1. The maximum Gasteiger partial charge on any atom is 0.267 e. The highest BCUT2D eigenvalue weighted by Crippen LogP contribution is 2.27. The third-order valence-corrected chi connectivity index (χ3v) is 4.74. The molecular weight excluding hydrogens is 292 g/mol. The number of methoxy groups -OCH3 is 1. The van der Waals surface area contributed by atoms with E-state index in [9.17, 15) is 4.79 Å². The van der Waals surface area contributed by atoms with E-state index < -0.39 is 6.10 Å². The van der Waals surface area contributed by atoms with Crippen molar-refractivity contribution in [3.8, 4) is 5.75 Å². The van der Waals surface area contributed by atoms with Crippen molar-refractivity contribution in [3.05, 3.63) is 29.8 Å². The molecule has 2 atom stereocenters. The predicted octanol–water partition coefficient (Wildman–Crippen LogP) is 2.98. The summed E-state index contributed by atoms with van der Waals surface area (Å²) in [6, 6.07) is 8.04. The van der Waals surface area contributed by atoms with Crippen molar-refractivity contribution < 1.29 is 14.4 Å². The van der Waals surface area contributed by atoms with Crippen LogP contribution in [0.3, 0.4) is 0 Å². The molecule has 0 saturated carbocycles. The summed E-state index contributed by atoms with van der Waals surface area (Å²) >= 11 is 0. The summed E-state index contributed by atoms with van der Waals surface area (Å²) in [5.74, 6) is 0.831. The predicted molar refractivity (Wildman–Crippen MR) is 88.7 cm³/mol. The number of rotatable bonds is 4. The Balaban J connectivity index is 1.70. The molecule has 1 aromatic carbocycles. The van der Waals surface area contributed by atoms with E-state index in [1.54, 1.807) is 7.11 Å². The molecule has 1 aromatic rings. The van der Waals surface area contributed by atoms with E-state index in [-0.39, 0.29) is 5.91 Å². The van der Waals surface area contributed by atoms with Crippen LogP contribution < -0.4 is 4.74 Å². The first-order valence-corrected chi connectivity index (χ1v) is 8.41. The quantitative estimate of drug-likeness (QED) is 0.858. The monoisotopic (exact) mass is 316 g/mol. The van der Waals surface area contributed by atoms with Gasteiger partial charge in [-0.25, -0.2) is 0 Å². The molecular formula is C18H24N2O3. The number of oxime groups is 1. The third-order valence-electron chi connectivity index (χ3n) is 4.74. The average Bonchev–Trinajstić information content (AvgIpc) is 3.11. The van der Waals surface area contributed by atoms with Gasteiger partial charge in [0.2, 0.25) is 6.10 Å². The molecule has 1 amide bonds. The highest BCUT2D eigenvalue weighted by atomic mass is 16.6. The molecule has 0 radical (unpaired) electrons. The lowest BCUT2D eigenvalue weighted by molar-refractivity contribution is -0.146. The van der Waals surface area contributed by atoms with Crippen LogP contribution >= 0.6 is 0 Å².